The van der Waals surface area contributed by atoms with Crippen molar-refractivity contribution in [3.05, 3.63) is 78.0 Å². The van der Waals surface area contributed by atoms with Crippen LogP contribution < -0.4 is 10.6 Å². The maximum Gasteiger partial charge on any atom is 0.191 e. The van der Waals surface area contributed by atoms with Crippen molar-refractivity contribution in [1.29, 1.82) is 0 Å². The molecular formula is C21H24FN5. The predicted octanol–water partition coefficient (Wildman–Crippen LogP) is 3.51. The molecule has 0 aliphatic rings. The Morgan fingerprint density at radius 2 is 1.96 bits per heavy atom. The lowest BCUT2D eigenvalue weighted by Gasteiger charge is -2.11. The number of imidazole rings is 1. The van der Waals surface area contributed by atoms with Crippen LogP contribution in [0.2, 0.25) is 0 Å². The lowest BCUT2D eigenvalue weighted by Crippen LogP contribution is -2.38. The summed E-state index contributed by atoms with van der Waals surface area (Å²) in [6.07, 6.45) is 2.55. The smallest absolute Gasteiger partial charge is 0.191 e. The molecule has 0 unspecified atom stereocenters. The highest BCUT2D eigenvalue weighted by molar-refractivity contribution is 5.79. The van der Waals surface area contributed by atoms with Crippen molar-refractivity contribution < 1.29 is 4.39 Å². The van der Waals surface area contributed by atoms with Crippen LogP contribution in [0.4, 0.5) is 4.39 Å². The first-order chi connectivity index (χ1) is 13.2. The van der Waals surface area contributed by atoms with Gasteiger partial charge in [0.05, 0.1) is 11.9 Å². The van der Waals surface area contributed by atoms with Crippen LogP contribution in [0.5, 0.6) is 0 Å². The summed E-state index contributed by atoms with van der Waals surface area (Å²) in [5.74, 6) is 1.31. The lowest BCUT2D eigenvalue weighted by molar-refractivity contribution is 0.625. The number of H-pyrrole nitrogens is 1. The summed E-state index contributed by atoms with van der Waals surface area (Å²) in [6.45, 7) is 3.90. The molecule has 0 aliphatic heterocycles. The van der Waals surface area contributed by atoms with Gasteiger partial charge >= 0.3 is 0 Å². The highest BCUT2D eigenvalue weighted by atomic mass is 19.1. The largest absolute Gasteiger partial charge is 0.357 e. The van der Waals surface area contributed by atoms with Crippen molar-refractivity contribution in [2.45, 2.75) is 19.9 Å². The third-order valence-electron chi connectivity index (χ3n) is 4.04. The number of aromatic amines is 1. The fourth-order valence-corrected chi connectivity index (χ4v) is 2.72. The van der Waals surface area contributed by atoms with Crippen molar-refractivity contribution in [2.24, 2.45) is 4.99 Å². The van der Waals surface area contributed by atoms with Gasteiger partial charge in [0.15, 0.2) is 5.96 Å². The van der Waals surface area contributed by atoms with Gasteiger partial charge in [0.1, 0.15) is 18.2 Å². The van der Waals surface area contributed by atoms with Crippen LogP contribution in [0.1, 0.15) is 18.3 Å². The highest BCUT2D eigenvalue weighted by Gasteiger charge is 2.04. The van der Waals surface area contributed by atoms with Gasteiger partial charge in [0.2, 0.25) is 0 Å². The number of nitrogens with one attached hydrogen (secondary N) is 3. The molecule has 0 fully saturated rings. The van der Waals surface area contributed by atoms with Gasteiger partial charge in [-0.05, 0) is 36.6 Å². The van der Waals surface area contributed by atoms with Gasteiger partial charge in [-0.2, -0.15) is 0 Å². The van der Waals surface area contributed by atoms with E-state index in [4.69, 9.17) is 0 Å². The number of aromatic nitrogens is 2. The third kappa shape index (κ3) is 5.67. The molecule has 0 bridgehead atoms. The average molecular weight is 365 g/mol. The van der Waals surface area contributed by atoms with Gasteiger partial charge in [-0.15, -0.1) is 0 Å². The zero-order valence-electron chi connectivity index (χ0n) is 15.4. The zero-order chi connectivity index (χ0) is 18.9. The molecular weight excluding hydrogens is 341 g/mol. The first kappa shape index (κ1) is 18.6. The summed E-state index contributed by atoms with van der Waals surface area (Å²) in [5, 5.41) is 6.48. The van der Waals surface area contributed by atoms with Gasteiger partial charge in [0, 0.05) is 13.1 Å². The van der Waals surface area contributed by atoms with E-state index in [1.54, 1.807) is 12.1 Å². The van der Waals surface area contributed by atoms with Crippen molar-refractivity contribution in [3.8, 4) is 11.3 Å². The molecule has 2 aromatic carbocycles. The van der Waals surface area contributed by atoms with Crippen LogP contribution in [0, 0.1) is 5.82 Å². The van der Waals surface area contributed by atoms with Crippen molar-refractivity contribution in [1.82, 2.24) is 20.6 Å². The number of benzene rings is 2. The number of aliphatic imine (C=N–C) groups is 1. The van der Waals surface area contributed by atoms with Gasteiger partial charge in [-0.3, -0.25) is 0 Å². The molecule has 3 aromatic rings. The summed E-state index contributed by atoms with van der Waals surface area (Å²) < 4.78 is 13.2. The number of guanidine groups is 1. The van der Waals surface area contributed by atoms with Crippen LogP contribution in [-0.4, -0.2) is 29.0 Å². The van der Waals surface area contributed by atoms with Crippen LogP contribution in [0.3, 0.4) is 0 Å². The molecule has 0 saturated carbocycles. The Morgan fingerprint density at radius 3 is 2.74 bits per heavy atom. The van der Waals surface area contributed by atoms with Gasteiger partial charge in [-0.1, -0.05) is 42.5 Å². The fourth-order valence-electron chi connectivity index (χ4n) is 2.72. The molecule has 0 spiro atoms. The number of rotatable bonds is 7. The van der Waals surface area contributed by atoms with E-state index in [2.05, 4.69) is 25.6 Å². The minimum absolute atomic E-state index is 0.208. The predicted molar refractivity (Wildman–Crippen MR) is 107 cm³/mol. The Kier molecular flexibility index (Phi) is 6.57. The van der Waals surface area contributed by atoms with Crippen molar-refractivity contribution in [3.63, 3.8) is 0 Å². The zero-order valence-corrected chi connectivity index (χ0v) is 15.4. The second-order valence-electron chi connectivity index (χ2n) is 6.11. The summed E-state index contributed by atoms with van der Waals surface area (Å²) >= 11 is 0. The standard InChI is InChI=1S/C21H24FN5/c1-2-23-21(24-12-11-16-7-6-10-18(22)13-16)26-15-20-25-14-19(27-20)17-8-4-3-5-9-17/h3-10,13-14H,2,11-12,15H2,1H3,(H,25,27)(H2,23,24,26). The van der Waals surface area contributed by atoms with E-state index in [1.807, 2.05) is 49.5 Å². The van der Waals surface area contributed by atoms with Crippen LogP contribution in [0.25, 0.3) is 11.3 Å². The summed E-state index contributed by atoms with van der Waals surface area (Å²) in [5.41, 5.74) is 3.03. The third-order valence-corrected chi connectivity index (χ3v) is 4.04. The van der Waals surface area contributed by atoms with Gasteiger partial charge in [0.25, 0.3) is 0 Å². The minimum atomic E-state index is -0.208. The second kappa shape index (κ2) is 9.52. The van der Waals surface area contributed by atoms with Crippen molar-refractivity contribution in [2.75, 3.05) is 13.1 Å². The number of halogens is 1. The second-order valence-corrected chi connectivity index (χ2v) is 6.11. The van der Waals surface area contributed by atoms with Gasteiger partial charge in [-0.25, -0.2) is 14.4 Å². The Hall–Kier alpha value is -3.15. The number of nitrogens with zero attached hydrogens (tertiary/aromatic N) is 2. The Balaban J connectivity index is 1.56. The van der Waals surface area contributed by atoms with E-state index in [0.717, 1.165) is 35.6 Å². The molecule has 1 heterocycles. The Labute approximate surface area is 158 Å². The molecule has 5 nitrogen and oxygen atoms in total. The van der Waals surface area contributed by atoms with Crippen LogP contribution >= 0.6 is 0 Å². The highest BCUT2D eigenvalue weighted by Crippen LogP contribution is 2.16. The molecule has 3 N–H and O–H groups in total. The first-order valence-corrected chi connectivity index (χ1v) is 9.10. The maximum atomic E-state index is 13.2. The molecule has 0 radical (unpaired) electrons. The quantitative estimate of drug-likeness (QED) is 0.443. The van der Waals surface area contributed by atoms with Crippen molar-refractivity contribution >= 4 is 5.96 Å². The number of hydrogen-bond donors (Lipinski definition) is 3. The summed E-state index contributed by atoms with van der Waals surface area (Å²) in [6, 6.07) is 16.7. The molecule has 0 saturated heterocycles. The van der Waals surface area contributed by atoms with E-state index in [1.165, 1.54) is 6.07 Å². The van der Waals surface area contributed by atoms with E-state index < -0.39 is 0 Å². The van der Waals surface area contributed by atoms with Crippen LogP contribution in [0.15, 0.2) is 65.8 Å². The normalized spacial score (nSPS) is 11.4. The number of hydrogen-bond acceptors (Lipinski definition) is 2. The molecule has 0 aliphatic carbocycles. The van der Waals surface area contributed by atoms with E-state index >= 15 is 0 Å². The topological polar surface area (TPSA) is 65.1 Å². The monoisotopic (exact) mass is 365 g/mol. The van der Waals surface area contributed by atoms with E-state index in [0.29, 0.717) is 19.0 Å². The SMILES string of the molecule is CCNC(=NCc1ncc(-c2ccccc2)[nH]1)NCCc1cccc(F)c1. The molecule has 1 aromatic heterocycles. The van der Waals surface area contributed by atoms with Crippen LogP contribution in [-0.2, 0) is 13.0 Å². The molecule has 6 heteroatoms. The lowest BCUT2D eigenvalue weighted by atomic mass is 10.1. The molecule has 140 valence electrons. The molecule has 0 amide bonds. The average Bonchev–Trinajstić information content (AvgIpc) is 3.16. The van der Waals surface area contributed by atoms with Gasteiger partial charge < -0.3 is 15.6 Å². The Bertz CT molecular complexity index is 873. The summed E-state index contributed by atoms with van der Waals surface area (Å²) in [4.78, 5) is 12.3. The molecule has 0 atom stereocenters. The minimum Gasteiger partial charge on any atom is -0.357 e. The molecule has 3 rings (SSSR count). The maximum absolute atomic E-state index is 13.2. The first-order valence-electron chi connectivity index (χ1n) is 9.10. The summed E-state index contributed by atoms with van der Waals surface area (Å²) in [7, 11) is 0. The van der Waals surface area contributed by atoms with E-state index in [-0.39, 0.29) is 5.82 Å². The molecule has 27 heavy (non-hydrogen) atoms. The Morgan fingerprint density at radius 1 is 1.11 bits per heavy atom. The fraction of sp³-hybridized carbons (Fsp3) is 0.238. The van der Waals surface area contributed by atoms with E-state index in [9.17, 15) is 4.39 Å².